The molecule has 0 radical (unpaired) electrons. The molecule has 0 spiro atoms. The average molecular weight is 221 g/mol. The van der Waals surface area contributed by atoms with E-state index in [1.54, 1.807) is 6.07 Å². The smallest absolute Gasteiger partial charge is 0.273 e. The second-order valence-electron chi connectivity index (χ2n) is 3.87. The van der Waals surface area contributed by atoms with Crippen molar-refractivity contribution in [2.75, 3.05) is 13.1 Å². The first kappa shape index (κ1) is 10.9. The zero-order valence-corrected chi connectivity index (χ0v) is 8.94. The highest BCUT2D eigenvalue weighted by molar-refractivity contribution is 5.94. The predicted molar refractivity (Wildman–Crippen MR) is 59.3 cm³/mol. The van der Waals surface area contributed by atoms with Crippen molar-refractivity contribution in [1.29, 1.82) is 0 Å². The van der Waals surface area contributed by atoms with Crippen molar-refractivity contribution in [3.8, 4) is 5.75 Å². The number of nitrogens with zero attached hydrogens (tertiary/aromatic N) is 1. The van der Waals surface area contributed by atoms with Gasteiger partial charge in [-0.15, -0.1) is 0 Å². The Morgan fingerprint density at radius 1 is 1.50 bits per heavy atom. The molecule has 2 heterocycles. The van der Waals surface area contributed by atoms with Crippen LogP contribution < -0.4 is 10.6 Å². The standard InChI is InChI=1S/C11H15N3O2/c15-9-2-1-5-13-10(9)11(16)14-8-3-6-12-7-4-8/h1-2,5,8,12,15H,3-4,6-7H2,(H,14,16). The van der Waals surface area contributed by atoms with Gasteiger partial charge in [0, 0.05) is 12.2 Å². The first-order valence-corrected chi connectivity index (χ1v) is 5.43. The lowest BCUT2D eigenvalue weighted by atomic mass is 10.1. The van der Waals surface area contributed by atoms with Crippen molar-refractivity contribution in [2.45, 2.75) is 18.9 Å². The van der Waals surface area contributed by atoms with Gasteiger partial charge >= 0.3 is 0 Å². The molecule has 1 fully saturated rings. The Bertz CT molecular complexity index is 375. The molecule has 5 nitrogen and oxygen atoms in total. The van der Waals surface area contributed by atoms with Gasteiger partial charge in [-0.1, -0.05) is 0 Å². The molecular weight excluding hydrogens is 206 g/mol. The maximum Gasteiger partial charge on any atom is 0.273 e. The summed E-state index contributed by atoms with van der Waals surface area (Å²) in [7, 11) is 0. The van der Waals surface area contributed by atoms with Gasteiger partial charge in [-0.25, -0.2) is 4.98 Å². The molecule has 1 aliphatic rings. The van der Waals surface area contributed by atoms with Gasteiger partial charge in [-0.05, 0) is 38.1 Å². The van der Waals surface area contributed by atoms with Gasteiger partial charge in [0.1, 0.15) is 5.75 Å². The molecule has 16 heavy (non-hydrogen) atoms. The Morgan fingerprint density at radius 2 is 2.25 bits per heavy atom. The highest BCUT2D eigenvalue weighted by Crippen LogP contribution is 2.13. The number of piperidine rings is 1. The number of nitrogens with one attached hydrogen (secondary N) is 2. The largest absolute Gasteiger partial charge is 0.505 e. The van der Waals surface area contributed by atoms with Crippen LogP contribution in [0.3, 0.4) is 0 Å². The van der Waals surface area contributed by atoms with E-state index in [9.17, 15) is 9.90 Å². The van der Waals surface area contributed by atoms with Crippen LogP contribution in [0.5, 0.6) is 5.75 Å². The van der Waals surface area contributed by atoms with Crippen LogP contribution in [0.1, 0.15) is 23.3 Å². The number of hydrogen-bond acceptors (Lipinski definition) is 4. The lowest BCUT2D eigenvalue weighted by Gasteiger charge is -2.23. The predicted octanol–water partition coefficient (Wildman–Crippen LogP) is 0.269. The van der Waals surface area contributed by atoms with Crippen molar-refractivity contribution in [1.82, 2.24) is 15.6 Å². The summed E-state index contributed by atoms with van der Waals surface area (Å²) in [6.07, 6.45) is 3.33. The highest BCUT2D eigenvalue weighted by atomic mass is 16.3. The molecule has 1 aromatic heterocycles. The first-order chi connectivity index (χ1) is 7.77. The number of pyridine rings is 1. The quantitative estimate of drug-likeness (QED) is 0.670. The Morgan fingerprint density at radius 3 is 2.94 bits per heavy atom. The van der Waals surface area contributed by atoms with Crippen LogP contribution in [0.4, 0.5) is 0 Å². The molecule has 5 heteroatoms. The minimum absolute atomic E-state index is 0.0751. The summed E-state index contributed by atoms with van der Waals surface area (Å²) in [5, 5.41) is 15.6. The van der Waals surface area contributed by atoms with Crippen LogP contribution in [0.25, 0.3) is 0 Å². The van der Waals surface area contributed by atoms with Gasteiger partial charge in [0.15, 0.2) is 5.69 Å². The van der Waals surface area contributed by atoms with E-state index in [-0.39, 0.29) is 23.4 Å². The average Bonchev–Trinajstić information content (AvgIpc) is 2.31. The number of carbonyl (C=O) groups is 1. The molecule has 3 N–H and O–H groups in total. The second kappa shape index (κ2) is 4.94. The van der Waals surface area contributed by atoms with Crippen LogP contribution in [0, 0.1) is 0 Å². The fourth-order valence-electron chi connectivity index (χ4n) is 1.79. The van der Waals surface area contributed by atoms with E-state index in [4.69, 9.17) is 0 Å². The number of hydrogen-bond donors (Lipinski definition) is 3. The van der Waals surface area contributed by atoms with E-state index in [0.29, 0.717) is 0 Å². The Labute approximate surface area is 93.9 Å². The molecule has 0 atom stereocenters. The number of rotatable bonds is 2. The summed E-state index contributed by atoms with van der Waals surface area (Å²) >= 11 is 0. The van der Waals surface area contributed by atoms with Crippen molar-refractivity contribution >= 4 is 5.91 Å². The van der Waals surface area contributed by atoms with Crippen molar-refractivity contribution in [3.63, 3.8) is 0 Å². The molecular formula is C11H15N3O2. The summed E-state index contributed by atoms with van der Waals surface area (Å²) < 4.78 is 0. The maximum absolute atomic E-state index is 11.8. The normalized spacial score (nSPS) is 17.0. The number of amides is 1. The van der Waals surface area contributed by atoms with Crippen molar-refractivity contribution < 1.29 is 9.90 Å². The topological polar surface area (TPSA) is 74.2 Å². The van der Waals surface area contributed by atoms with E-state index in [1.165, 1.54) is 12.3 Å². The van der Waals surface area contributed by atoms with E-state index in [0.717, 1.165) is 25.9 Å². The molecule has 0 unspecified atom stereocenters. The van der Waals surface area contributed by atoms with Crippen molar-refractivity contribution in [2.24, 2.45) is 0 Å². The van der Waals surface area contributed by atoms with Crippen molar-refractivity contribution in [3.05, 3.63) is 24.0 Å². The van der Waals surface area contributed by atoms with E-state index < -0.39 is 0 Å². The third kappa shape index (κ3) is 2.49. The molecule has 86 valence electrons. The number of aromatic hydroxyl groups is 1. The van der Waals surface area contributed by atoms with E-state index in [2.05, 4.69) is 15.6 Å². The molecule has 1 saturated heterocycles. The fraction of sp³-hybridized carbons (Fsp3) is 0.455. The third-order valence-corrected chi connectivity index (χ3v) is 2.68. The number of aromatic nitrogens is 1. The van der Waals surface area contributed by atoms with Crippen LogP contribution in [-0.4, -0.2) is 35.1 Å². The van der Waals surface area contributed by atoms with Gasteiger partial charge < -0.3 is 15.7 Å². The molecule has 0 saturated carbocycles. The fourth-order valence-corrected chi connectivity index (χ4v) is 1.79. The van der Waals surface area contributed by atoms with Crippen LogP contribution in [-0.2, 0) is 0 Å². The van der Waals surface area contributed by atoms with Crippen LogP contribution in [0.15, 0.2) is 18.3 Å². The molecule has 1 amide bonds. The van der Waals surface area contributed by atoms with Gasteiger partial charge in [-0.3, -0.25) is 4.79 Å². The second-order valence-corrected chi connectivity index (χ2v) is 3.87. The molecule has 0 aromatic carbocycles. The highest BCUT2D eigenvalue weighted by Gasteiger charge is 2.18. The molecule has 0 bridgehead atoms. The first-order valence-electron chi connectivity index (χ1n) is 5.43. The summed E-state index contributed by atoms with van der Waals surface area (Å²) in [6, 6.07) is 3.23. The van der Waals surface area contributed by atoms with Gasteiger partial charge in [0.2, 0.25) is 0 Å². The Hall–Kier alpha value is -1.62. The minimum atomic E-state index is -0.301. The lowest BCUT2D eigenvalue weighted by molar-refractivity contribution is 0.0921. The lowest BCUT2D eigenvalue weighted by Crippen LogP contribution is -2.42. The molecule has 0 aliphatic carbocycles. The summed E-state index contributed by atoms with van der Waals surface area (Å²) in [5.41, 5.74) is 0.0982. The van der Waals surface area contributed by atoms with Gasteiger partial charge in [-0.2, -0.15) is 0 Å². The molecule has 1 aliphatic heterocycles. The zero-order chi connectivity index (χ0) is 11.4. The van der Waals surface area contributed by atoms with Crippen LogP contribution >= 0.6 is 0 Å². The van der Waals surface area contributed by atoms with E-state index in [1.807, 2.05) is 0 Å². The number of carbonyl (C=O) groups excluding carboxylic acids is 1. The Balaban J connectivity index is 2.00. The SMILES string of the molecule is O=C(NC1CCNCC1)c1ncccc1O. The monoisotopic (exact) mass is 221 g/mol. The maximum atomic E-state index is 11.8. The molecule has 1 aromatic rings. The minimum Gasteiger partial charge on any atom is -0.505 e. The third-order valence-electron chi connectivity index (χ3n) is 2.68. The van der Waals surface area contributed by atoms with E-state index >= 15 is 0 Å². The summed E-state index contributed by atoms with van der Waals surface area (Å²) in [6.45, 7) is 1.83. The summed E-state index contributed by atoms with van der Waals surface area (Å²) in [4.78, 5) is 15.6. The summed E-state index contributed by atoms with van der Waals surface area (Å²) in [5.74, 6) is -0.376. The zero-order valence-electron chi connectivity index (χ0n) is 8.94. The Kier molecular flexibility index (Phi) is 3.36. The molecule has 2 rings (SSSR count). The van der Waals surface area contributed by atoms with Gasteiger partial charge in [0.25, 0.3) is 5.91 Å². The van der Waals surface area contributed by atoms with Crippen LogP contribution in [0.2, 0.25) is 0 Å². The van der Waals surface area contributed by atoms with Gasteiger partial charge in [0.05, 0.1) is 0 Å².